The van der Waals surface area contributed by atoms with E-state index in [1.165, 1.54) is 30.4 Å². The second-order valence-corrected chi connectivity index (χ2v) is 4.42. The van der Waals surface area contributed by atoms with Crippen LogP contribution in [0.25, 0.3) is 6.08 Å². The predicted molar refractivity (Wildman–Crippen MR) is 61.8 cm³/mol. The van der Waals surface area contributed by atoms with Gasteiger partial charge in [-0.1, -0.05) is 36.4 Å². The molecular weight excluding hydrogens is 184 g/mol. The van der Waals surface area contributed by atoms with E-state index in [0.29, 0.717) is 12.0 Å². The molecule has 15 heavy (non-hydrogen) atoms. The first-order chi connectivity index (χ1) is 7.45. The Balaban J connectivity index is 1.86. The monoisotopic (exact) mass is 200 g/mol. The van der Waals surface area contributed by atoms with Gasteiger partial charge in [-0.3, -0.25) is 0 Å². The molecule has 1 heterocycles. The Hall–Kier alpha value is -1.08. The molecule has 2 atom stereocenters. The van der Waals surface area contributed by atoms with Crippen molar-refractivity contribution in [2.45, 2.75) is 31.3 Å². The molecule has 78 valence electrons. The van der Waals surface area contributed by atoms with E-state index in [2.05, 4.69) is 36.4 Å². The van der Waals surface area contributed by atoms with Crippen molar-refractivity contribution in [1.82, 2.24) is 0 Å². The highest BCUT2D eigenvalue weighted by atomic mass is 16.5. The summed E-state index contributed by atoms with van der Waals surface area (Å²) in [6.45, 7) is 0.942. The Morgan fingerprint density at radius 3 is 2.93 bits per heavy atom. The third kappa shape index (κ3) is 1.61. The summed E-state index contributed by atoms with van der Waals surface area (Å²) in [7, 11) is 0. The molecule has 1 saturated heterocycles. The third-order valence-electron chi connectivity index (χ3n) is 3.45. The molecule has 0 radical (unpaired) electrons. The number of hydrogen-bond acceptors (Lipinski definition) is 1. The molecule has 1 aliphatic carbocycles. The van der Waals surface area contributed by atoms with Crippen molar-refractivity contribution < 1.29 is 4.74 Å². The molecule has 1 aromatic carbocycles. The molecule has 2 unspecified atom stereocenters. The van der Waals surface area contributed by atoms with Crippen LogP contribution >= 0.6 is 0 Å². The van der Waals surface area contributed by atoms with Gasteiger partial charge in [0.1, 0.15) is 0 Å². The van der Waals surface area contributed by atoms with Crippen molar-refractivity contribution in [3.8, 4) is 0 Å². The summed E-state index contributed by atoms with van der Waals surface area (Å²) in [5.74, 6) is 0.501. The molecule has 0 aromatic heterocycles. The predicted octanol–water partition coefficient (Wildman–Crippen LogP) is 3.37. The zero-order chi connectivity index (χ0) is 10.1. The van der Waals surface area contributed by atoms with Crippen LogP contribution in [-0.2, 0) is 4.74 Å². The lowest BCUT2D eigenvalue weighted by Gasteiger charge is -2.27. The van der Waals surface area contributed by atoms with Gasteiger partial charge in [-0.2, -0.15) is 0 Å². The summed E-state index contributed by atoms with van der Waals surface area (Å²) in [4.78, 5) is 0. The maximum Gasteiger partial charge on any atom is 0.0678 e. The van der Waals surface area contributed by atoms with Crippen LogP contribution < -0.4 is 0 Å². The molecule has 0 amide bonds. The summed E-state index contributed by atoms with van der Waals surface area (Å²) in [5.41, 5.74) is 2.82. The highest BCUT2D eigenvalue weighted by molar-refractivity contribution is 5.62. The lowest BCUT2D eigenvalue weighted by molar-refractivity contribution is 0.00820. The summed E-state index contributed by atoms with van der Waals surface area (Å²) in [5, 5.41) is 0. The topological polar surface area (TPSA) is 9.23 Å². The lowest BCUT2D eigenvalue weighted by atomic mass is 9.91. The van der Waals surface area contributed by atoms with Crippen LogP contribution in [0.5, 0.6) is 0 Å². The number of rotatable bonds is 1. The van der Waals surface area contributed by atoms with Crippen molar-refractivity contribution >= 4 is 6.08 Å². The van der Waals surface area contributed by atoms with E-state index in [-0.39, 0.29) is 0 Å². The average Bonchev–Trinajstić information content (AvgIpc) is 2.74. The minimum atomic E-state index is 0.415. The largest absolute Gasteiger partial charge is 0.377 e. The van der Waals surface area contributed by atoms with Crippen LogP contribution in [0.3, 0.4) is 0 Å². The van der Waals surface area contributed by atoms with Crippen LogP contribution in [0.2, 0.25) is 0 Å². The van der Waals surface area contributed by atoms with Gasteiger partial charge in [-0.05, 0) is 30.4 Å². The van der Waals surface area contributed by atoms with Gasteiger partial charge < -0.3 is 4.74 Å². The van der Waals surface area contributed by atoms with E-state index in [0.717, 1.165) is 6.61 Å². The molecule has 1 fully saturated rings. The van der Waals surface area contributed by atoms with Gasteiger partial charge in [0, 0.05) is 12.5 Å². The quantitative estimate of drug-likeness (QED) is 0.675. The maximum atomic E-state index is 5.87. The SMILES string of the molecule is C1=CC(C2CCCCO2)c2ccccc21. The van der Waals surface area contributed by atoms with E-state index < -0.39 is 0 Å². The Labute approximate surface area is 90.8 Å². The second-order valence-electron chi connectivity index (χ2n) is 4.42. The fourth-order valence-corrected chi connectivity index (χ4v) is 2.65. The smallest absolute Gasteiger partial charge is 0.0678 e. The van der Waals surface area contributed by atoms with E-state index in [1.54, 1.807) is 0 Å². The average molecular weight is 200 g/mol. The minimum absolute atomic E-state index is 0.415. The normalized spacial score (nSPS) is 29.1. The summed E-state index contributed by atoms with van der Waals surface area (Å²) in [6.07, 6.45) is 8.71. The van der Waals surface area contributed by atoms with Crippen molar-refractivity contribution in [3.63, 3.8) is 0 Å². The van der Waals surface area contributed by atoms with Gasteiger partial charge >= 0.3 is 0 Å². The Kier molecular flexibility index (Phi) is 2.34. The lowest BCUT2D eigenvalue weighted by Crippen LogP contribution is -2.24. The molecular formula is C14H16O. The van der Waals surface area contributed by atoms with Gasteiger partial charge in [0.25, 0.3) is 0 Å². The summed E-state index contributed by atoms with van der Waals surface area (Å²) in [6, 6.07) is 8.65. The standard InChI is InChI=1S/C14H16O/c1-2-6-12-11(5-1)8-9-13(12)14-7-3-4-10-15-14/h1-2,5-6,8-9,13-14H,3-4,7,10H2. The molecule has 0 bridgehead atoms. The van der Waals surface area contributed by atoms with Gasteiger partial charge in [0.15, 0.2) is 0 Å². The Morgan fingerprint density at radius 1 is 1.13 bits per heavy atom. The van der Waals surface area contributed by atoms with E-state index in [9.17, 15) is 0 Å². The molecule has 0 N–H and O–H groups in total. The van der Waals surface area contributed by atoms with Gasteiger partial charge in [-0.25, -0.2) is 0 Å². The molecule has 2 aliphatic rings. The number of benzene rings is 1. The third-order valence-corrected chi connectivity index (χ3v) is 3.45. The van der Waals surface area contributed by atoms with Crippen molar-refractivity contribution in [2.24, 2.45) is 0 Å². The molecule has 3 rings (SSSR count). The van der Waals surface area contributed by atoms with Gasteiger partial charge in [0.2, 0.25) is 0 Å². The molecule has 1 aliphatic heterocycles. The van der Waals surface area contributed by atoms with Gasteiger partial charge in [-0.15, -0.1) is 0 Å². The van der Waals surface area contributed by atoms with Crippen LogP contribution in [-0.4, -0.2) is 12.7 Å². The Morgan fingerprint density at radius 2 is 2.07 bits per heavy atom. The fraction of sp³-hybridized carbons (Fsp3) is 0.429. The molecule has 0 saturated carbocycles. The molecule has 0 spiro atoms. The molecule has 1 aromatic rings. The van der Waals surface area contributed by atoms with Crippen LogP contribution in [0.4, 0.5) is 0 Å². The van der Waals surface area contributed by atoms with Crippen LogP contribution in [0.15, 0.2) is 30.3 Å². The van der Waals surface area contributed by atoms with Crippen molar-refractivity contribution in [1.29, 1.82) is 0 Å². The fourth-order valence-electron chi connectivity index (χ4n) is 2.65. The first kappa shape index (κ1) is 9.17. The Bertz CT molecular complexity index is 375. The first-order valence-corrected chi connectivity index (χ1v) is 5.84. The van der Waals surface area contributed by atoms with E-state index in [4.69, 9.17) is 4.74 Å². The van der Waals surface area contributed by atoms with Crippen LogP contribution in [0.1, 0.15) is 36.3 Å². The zero-order valence-electron chi connectivity index (χ0n) is 8.86. The van der Waals surface area contributed by atoms with Crippen LogP contribution in [0, 0.1) is 0 Å². The number of hydrogen-bond donors (Lipinski definition) is 0. The summed E-state index contributed by atoms with van der Waals surface area (Å²) < 4.78 is 5.87. The maximum absolute atomic E-state index is 5.87. The number of fused-ring (bicyclic) bond motifs is 1. The number of ether oxygens (including phenoxy) is 1. The van der Waals surface area contributed by atoms with E-state index >= 15 is 0 Å². The highest BCUT2D eigenvalue weighted by Crippen LogP contribution is 2.36. The second kappa shape index (κ2) is 3.82. The molecule has 1 nitrogen and oxygen atoms in total. The zero-order valence-corrected chi connectivity index (χ0v) is 8.86. The van der Waals surface area contributed by atoms with Crippen molar-refractivity contribution in [2.75, 3.05) is 6.61 Å². The minimum Gasteiger partial charge on any atom is -0.377 e. The highest BCUT2D eigenvalue weighted by Gasteiger charge is 2.27. The van der Waals surface area contributed by atoms with E-state index in [1.807, 2.05) is 0 Å². The molecule has 1 heteroatoms. The first-order valence-electron chi connectivity index (χ1n) is 5.84. The summed E-state index contributed by atoms with van der Waals surface area (Å²) >= 11 is 0. The van der Waals surface area contributed by atoms with Gasteiger partial charge in [0.05, 0.1) is 6.10 Å². The van der Waals surface area contributed by atoms with Crippen molar-refractivity contribution in [3.05, 3.63) is 41.5 Å².